The highest BCUT2D eigenvalue weighted by Crippen LogP contribution is 2.31. The van der Waals surface area contributed by atoms with Crippen molar-refractivity contribution in [3.8, 4) is 0 Å². The van der Waals surface area contributed by atoms with Crippen molar-refractivity contribution >= 4 is 21.6 Å². The summed E-state index contributed by atoms with van der Waals surface area (Å²) in [5.74, 6) is 0.389. The van der Waals surface area contributed by atoms with E-state index in [0.29, 0.717) is 12.0 Å². The smallest absolute Gasteiger partial charge is 0.0557 e. The van der Waals surface area contributed by atoms with Crippen LogP contribution in [0.5, 0.6) is 0 Å². The van der Waals surface area contributed by atoms with Gasteiger partial charge in [0.1, 0.15) is 0 Å². The predicted molar refractivity (Wildman–Crippen MR) is 88.1 cm³/mol. The van der Waals surface area contributed by atoms with Crippen LogP contribution >= 0.6 is 15.9 Å². The van der Waals surface area contributed by atoms with Crippen LogP contribution in [0.1, 0.15) is 32.8 Å². The van der Waals surface area contributed by atoms with Gasteiger partial charge in [0.25, 0.3) is 0 Å². The number of hydrogen-bond acceptors (Lipinski definition) is 3. The van der Waals surface area contributed by atoms with Gasteiger partial charge in [-0.05, 0) is 31.0 Å². The number of halogens is 1. The van der Waals surface area contributed by atoms with Crippen LogP contribution in [0.2, 0.25) is 0 Å². The maximum Gasteiger partial charge on any atom is 0.0557 e. The van der Waals surface area contributed by atoms with Gasteiger partial charge in [0.05, 0.1) is 6.10 Å². The molecule has 0 aromatic heterocycles. The van der Waals surface area contributed by atoms with Gasteiger partial charge in [-0.15, -0.1) is 0 Å². The molecule has 0 aliphatic carbocycles. The monoisotopic (exact) mass is 340 g/mol. The molecule has 2 rings (SSSR count). The highest BCUT2D eigenvalue weighted by molar-refractivity contribution is 9.10. The van der Waals surface area contributed by atoms with E-state index in [2.05, 4.69) is 58.2 Å². The Morgan fingerprint density at radius 3 is 2.75 bits per heavy atom. The van der Waals surface area contributed by atoms with Gasteiger partial charge in [0, 0.05) is 41.8 Å². The van der Waals surface area contributed by atoms with E-state index < -0.39 is 0 Å². The molecule has 1 fully saturated rings. The zero-order valence-corrected chi connectivity index (χ0v) is 14.2. The molecular weight excluding hydrogens is 316 g/mol. The van der Waals surface area contributed by atoms with Gasteiger partial charge in [-0.2, -0.15) is 0 Å². The van der Waals surface area contributed by atoms with Gasteiger partial charge in [-0.25, -0.2) is 0 Å². The summed E-state index contributed by atoms with van der Waals surface area (Å²) in [4.78, 5) is 2.40. The first-order chi connectivity index (χ1) is 9.47. The average molecular weight is 341 g/mol. The second-order valence-electron chi connectivity index (χ2n) is 6.04. The molecule has 112 valence electrons. The molecule has 1 aromatic rings. The Hall–Kier alpha value is -0.580. The molecule has 2 N–H and O–H groups in total. The van der Waals surface area contributed by atoms with E-state index in [9.17, 15) is 5.11 Å². The molecule has 1 heterocycles. The summed E-state index contributed by atoms with van der Waals surface area (Å²) in [6.07, 6.45) is 0.853. The highest BCUT2D eigenvalue weighted by Gasteiger charge is 2.27. The minimum Gasteiger partial charge on any atom is -0.393 e. The number of benzene rings is 1. The van der Waals surface area contributed by atoms with E-state index in [1.54, 1.807) is 0 Å². The number of nitrogens with zero attached hydrogens (tertiary/aromatic N) is 1. The maximum absolute atomic E-state index is 9.77. The lowest BCUT2D eigenvalue weighted by atomic mass is 10.0. The second-order valence-corrected chi connectivity index (χ2v) is 6.96. The summed E-state index contributed by atoms with van der Waals surface area (Å²) < 4.78 is 1.11. The lowest BCUT2D eigenvalue weighted by Crippen LogP contribution is -2.27. The quantitative estimate of drug-likeness (QED) is 0.864. The first-order valence-electron chi connectivity index (χ1n) is 7.42. The molecule has 0 saturated carbocycles. The third-order valence-corrected chi connectivity index (χ3v) is 4.49. The van der Waals surface area contributed by atoms with Crippen LogP contribution in [0.4, 0.5) is 5.69 Å². The Morgan fingerprint density at radius 1 is 1.40 bits per heavy atom. The minimum absolute atomic E-state index is 0.218. The van der Waals surface area contributed by atoms with Crippen molar-refractivity contribution in [1.82, 2.24) is 5.32 Å². The van der Waals surface area contributed by atoms with Gasteiger partial charge >= 0.3 is 0 Å². The average Bonchev–Trinajstić information content (AvgIpc) is 2.86. The maximum atomic E-state index is 9.77. The van der Waals surface area contributed by atoms with Crippen molar-refractivity contribution in [2.45, 2.75) is 45.9 Å². The van der Waals surface area contributed by atoms with Crippen molar-refractivity contribution in [1.29, 1.82) is 0 Å². The van der Waals surface area contributed by atoms with E-state index >= 15 is 0 Å². The van der Waals surface area contributed by atoms with Crippen molar-refractivity contribution in [2.24, 2.45) is 5.92 Å². The van der Waals surface area contributed by atoms with E-state index in [0.717, 1.165) is 30.5 Å². The first kappa shape index (κ1) is 15.8. The van der Waals surface area contributed by atoms with Gasteiger partial charge in [0.15, 0.2) is 0 Å². The predicted octanol–water partition coefficient (Wildman–Crippen LogP) is 3.15. The van der Waals surface area contributed by atoms with Crippen molar-refractivity contribution in [2.75, 3.05) is 18.0 Å². The Morgan fingerprint density at radius 2 is 2.15 bits per heavy atom. The lowest BCUT2D eigenvalue weighted by Gasteiger charge is -2.24. The van der Waals surface area contributed by atoms with Gasteiger partial charge in [0.2, 0.25) is 0 Å². The largest absolute Gasteiger partial charge is 0.393 e. The van der Waals surface area contributed by atoms with Crippen LogP contribution in [0.25, 0.3) is 0 Å². The summed E-state index contributed by atoms with van der Waals surface area (Å²) in [6.45, 7) is 9.09. The normalized spacial score (nSPS) is 20.7. The fraction of sp³-hybridized carbons (Fsp3) is 0.625. The molecule has 2 atom stereocenters. The number of anilines is 1. The van der Waals surface area contributed by atoms with Crippen LogP contribution in [-0.2, 0) is 6.54 Å². The van der Waals surface area contributed by atoms with E-state index in [1.165, 1.54) is 11.3 Å². The summed E-state index contributed by atoms with van der Waals surface area (Å²) in [5, 5.41) is 13.3. The summed E-state index contributed by atoms with van der Waals surface area (Å²) >= 11 is 3.57. The molecule has 0 bridgehead atoms. The molecule has 1 aromatic carbocycles. The Labute approximate surface area is 130 Å². The summed E-state index contributed by atoms with van der Waals surface area (Å²) in [7, 11) is 0. The third-order valence-electron chi connectivity index (χ3n) is 4.00. The first-order valence-corrected chi connectivity index (χ1v) is 8.21. The molecule has 1 aliphatic heterocycles. The zero-order chi connectivity index (χ0) is 14.7. The fourth-order valence-corrected chi connectivity index (χ4v) is 3.04. The van der Waals surface area contributed by atoms with Gasteiger partial charge in [-0.3, -0.25) is 0 Å². The molecule has 3 nitrogen and oxygen atoms in total. The number of nitrogens with one attached hydrogen (secondary N) is 1. The Bertz CT molecular complexity index is 448. The van der Waals surface area contributed by atoms with E-state index in [1.807, 2.05) is 6.92 Å². The van der Waals surface area contributed by atoms with E-state index in [-0.39, 0.29) is 6.10 Å². The van der Waals surface area contributed by atoms with Crippen LogP contribution in [0.3, 0.4) is 0 Å². The lowest BCUT2D eigenvalue weighted by molar-refractivity contribution is 0.136. The van der Waals surface area contributed by atoms with Gasteiger partial charge < -0.3 is 15.3 Å². The zero-order valence-electron chi connectivity index (χ0n) is 12.6. The molecule has 0 spiro atoms. The van der Waals surface area contributed by atoms with Gasteiger partial charge in [-0.1, -0.05) is 35.8 Å². The summed E-state index contributed by atoms with van der Waals surface area (Å²) in [5.41, 5.74) is 2.61. The van der Waals surface area contributed by atoms with Crippen molar-refractivity contribution in [3.63, 3.8) is 0 Å². The van der Waals surface area contributed by atoms with Crippen molar-refractivity contribution < 1.29 is 5.11 Å². The summed E-state index contributed by atoms with van der Waals surface area (Å²) in [6, 6.07) is 6.96. The number of hydrogen-bond donors (Lipinski definition) is 2. The van der Waals surface area contributed by atoms with Crippen LogP contribution in [-0.4, -0.2) is 30.3 Å². The number of rotatable bonds is 5. The molecule has 1 aliphatic rings. The SMILES string of the molecule is CC(C)NCc1ccc(Br)cc1N1CCC(C(C)O)C1. The van der Waals surface area contributed by atoms with E-state index in [4.69, 9.17) is 0 Å². The molecule has 2 unspecified atom stereocenters. The topological polar surface area (TPSA) is 35.5 Å². The Balaban J connectivity index is 2.15. The molecule has 0 radical (unpaired) electrons. The minimum atomic E-state index is -0.218. The van der Waals surface area contributed by atoms with Crippen LogP contribution in [0, 0.1) is 5.92 Å². The van der Waals surface area contributed by atoms with Crippen LogP contribution in [0.15, 0.2) is 22.7 Å². The van der Waals surface area contributed by atoms with Crippen LogP contribution < -0.4 is 10.2 Å². The second kappa shape index (κ2) is 6.92. The molecule has 4 heteroatoms. The highest BCUT2D eigenvalue weighted by atomic mass is 79.9. The molecule has 20 heavy (non-hydrogen) atoms. The standard InChI is InChI=1S/C16H25BrN2O/c1-11(2)18-9-13-4-5-15(17)8-16(13)19-7-6-14(10-19)12(3)20/h4-5,8,11-12,14,18,20H,6-7,9-10H2,1-3H3. The fourth-order valence-electron chi connectivity index (χ4n) is 2.69. The Kier molecular flexibility index (Phi) is 5.47. The molecular formula is C16H25BrN2O. The number of aliphatic hydroxyl groups excluding tert-OH is 1. The molecule has 1 saturated heterocycles. The number of aliphatic hydroxyl groups is 1. The third kappa shape index (κ3) is 3.96. The van der Waals surface area contributed by atoms with Crippen molar-refractivity contribution in [3.05, 3.63) is 28.2 Å². The molecule has 0 amide bonds.